The van der Waals surface area contributed by atoms with E-state index in [2.05, 4.69) is 4.98 Å². The highest BCUT2D eigenvalue weighted by molar-refractivity contribution is 7.80. The van der Waals surface area contributed by atoms with Gasteiger partial charge in [-0.3, -0.25) is 0 Å². The summed E-state index contributed by atoms with van der Waals surface area (Å²) in [6, 6.07) is 9.52. The van der Waals surface area contributed by atoms with Gasteiger partial charge in [-0.2, -0.15) is 0 Å². The van der Waals surface area contributed by atoms with E-state index in [4.69, 9.17) is 23.7 Å². The molecule has 1 aromatic heterocycles. The van der Waals surface area contributed by atoms with Crippen molar-refractivity contribution in [2.75, 3.05) is 5.73 Å². The molecule has 0 bridgehead atoms. The molecule has 1 heterocycles. The number of aromatic nitrogens is 1. The Morgan fingerprint density at radius 1 is 1.29 bits per heavy atom. The number of hydrogen-bond donors (Lipinski definition) is 2. The van der Waals surface area contributed by atoms with Crippen LogP contribution in [0.3, 0.4) is 0 Å². The van der Waals surface area contributed by atoms with Gasteiger partial charge in [0, 0.05) is 5.39 Å². The number of benzene rings is 1. The molecule has 2 aromatic rings. The quantitative estimate of drug-likeness (QED) is 0.688. The van der Waals surface area contributed by atoms with Crippen LogP contribution in [-0.2, 0) is 0 Å². The molecular weight excluding hydrogens is 194 g/mol. The molecule has 0 spiro atoms. The summed E-state index contributed by atoms with van der Waals surface area (Å²) in [6.07, 6.45) is 0. The zero-order valence-corrected chi connectivity index (χ0v) is 8.21. The van der Waals surface area contributed by atoms with Crippen LogP contribution in [0.25, 0.3) is 10.9 Å². The fourth-order valence-corrected chi connectivity index (χ4v) is 1.49. The van der Waals surface area contributed by atoms with Crippen LogP contribution in [0, 0.1) is 0 Å². The van der Waals surface area contributed by atoms with E-state index in [1.807, 2.05) is 30.3 Å². The highest BCUT2D eigenvalue weighted by Gasteiger charge is 2.05. The number of para-hydroxylation sites is 1. The van der Waals surface area contributed by atoms with E-state index in [-0.39, 0.29) is 4.99 Å². The summed E-state index contributed by atoms with van der Waals surface area (Å²) in [4.78, 5) is 4.51. The van der Waals surface area contributed by atoms with Gasteiger partial charge >= 0.3 is 0 Å². The fourth-order valence-electron chi connectivity index (χ4n) is 1.33. The zero-order valence-electron chi connectivity index (χ0n) is 7.40. The van der Waals surface area contributed by atoms with E-state index in [1.165, 1.54) is 0 Å². The molecule has 4 N–H and O–H groups in total. The lowest BCUT2D eigenvalue weighted by Crippen LogP contribution is -2.14. The van der Waals surface area contributed by atoms with Crippen LogP contribution in [0.5, 0.6) is 0 Å². The molecule has 4 heteroatoms. The Hall–Kier alpha value is -1.68. The highest BCUT2D eigenvalue weighted by atomic mass is 32.1. The summed E-state index contributed by atoms with van der Waals surface area (Å²) in [6.45, 7) is 0. The van der Waals surface area contributed by atoms with Crippen molar-refractivity contribution in [3.05, 3.63) is 36.0 Å². The number of rotatable bonds is 1. The summed E-state index contributed by atoms with van der Waals surface area (Å²) >= 11 is 4.85. The minimum absolute atomic E-state index is 0.230. The van der Waals surface area contributed by atoms with Gasteiger partial charge in [0.05, 0.1) is 11.2 Å². The maximum atomic E-state index is 5.76. The Labute approximate surface area is 86.7 Å². The van der Waals surface area contributed by atoms with Gasteiger partial charge in [0.2, 0.25) is 0 Å². The number of fused-ring (bicyclic) bond motifs is 1. The first kappa shape index (κ1) is 8.90. The van der Waals surface area contributed by atoms with Gasteiger partial charge in [0.15, 0.2) is 0 Å². The smallest absolute Gasteiger partial charge is 0.124 e. The van der Waals surface area contributed by atoms with Gasteiger partial charge in [-0.05, 0) is 12.1 Å². The van der Waals surface area contributed by atoms with E-state index in [1.54, 1.807) is 0 Å². The Kier molecular flexibility index (Phi) is 2.05. The van der Waals surface area contributed by atoms with E-state index in [0.717, 1.165) is 10.9 Å². The van der Waals surface area contributed by atoms with Crippen LogP contribution in [0.15, 0.2) is 30.3 Å². The number of hydrogen-bond acceptors (Lipinski definition) is 3. The molecule has 70 valence electrons. The van der Waals surface area contributed by atoms with Gasteiger partial charge in [0.1, 0.15) is 10.7 Å². The summed E-state index contributed by atoms with van der Waals surface area (Å²) < 4.78 is 0. The summed E-state index contributed by atoms with van der Waals surface area (Å²) in [5, 5.41) is 0.991. The standard InChI is InChI=1S/C10H9N3S/c11-7-5-6-3-1-2-4-8(6)13-9(7)10(12)14/h1-5H,11H2,(H2,12,14). The zero-order chi connectivity index (χ0) is 10.1. The molecule has 0 amide bonds. The summed E-state index contributed by atoms with van der Waals surface area (Å²) in [5.41, 5.74) is 13.1. The molecule has 0 saturated heterocycles. The second-order valence-electron chi connectivity index (χ2n) is 2.98. The van der Waals surface area contributed by atoms with Crippen molar-refractivity contribution in [3.8, 4) is 0 Å². The maximum Gasteiger partial charge on any atom is 0.124 e. The van der Waals surface area contributed by atoms with E-state index < -0.39 is 0 Å². The molecular formula is C10H9N3S. The normalized spacial score (nSPS) is 10.3. The third-order valence-electron chi connectivity index (χ3n) is 1.99. The molecule has 1 aromatic carbocycles. The number of nitrogens with two attached hydrogens (primary N) is 2. The molecule has 2 rings (SSSR count). The number of nitrogen functional groups attached to an aromatic ring is 1. The van der Waals surface area contributed by atoms with Crippen molar-refractivity contribution in [3.63, 3.8) is 0 Å². The van der Waals surface area contributed by atoms with Gasteiger partial charge in [-0.25, -0.2) is 4.98 Å². The molecule has 3 nitrogen and oxygen atoms in total. The largest absolute Gasteiger partial charge is 0.397 e. The topological polar surface area (TPSA) is 64.9 Å². The van der Waals surface area contributed by atoms with E-state index in [0.29, 0.717) is 11.4 Å². The summed E-state index contributed by atoms with van der Waals surface area (Å²) in [7, 11) is 0. The molecule has 0 radical (unpaired) electrons. The molecule has 0 unspecified atom stereocenters. The van der Waals surface area contributed by atoms with E-state index >= 15 is 0 Å². The fraction of sp³-hybridized carbons (Fsp3) is 0. The van der Waals surface area contributed by atoms with Crippen molar-refractivity contribution >= 4 is 33.8 Å². The van der Waals surface area contributed by atoms with Crippen molar-refractivity contribution in [1.82, 2.24) is 4.98 Å². The van der Waals surface area contributed by atoms with Crippen LogP contribution >= 0.6 is 12.2 Å². The first-order valence-electron chi connectivity index (χ1n) is 4.13. The van der Waals surface area contributed by atoms with Gasteiger partial charge in [-0.15, -0.1) is 0 Å². The molecule has 0 saturated carbocycles. The monoisotopic (exact) mass is 203 g/mol. The number of anilines is 1. The molecule has 0 aliphatic rings. The molecule has 0 fully saturated rings. The van der Waals surface area contributed by atoms with Crippen LogP contribution in [0.1, 0.15) is 5.69 Å². The Balaban J connectivity index is 2.77. The van der Waals surface area contributed by atoms with Crippen molar-refractivity contribution in [2.45, 2.75) is 0 Å². The van der Waals surface area contributed by atoms with Gasteiger partial charge in [-0.1, -0.05) is 30.4 Å². The number of pyridine rings is 1. The predicted octanol–water partition coefficient (Wildman–Crippen LogP) is 1.45. The second kappa shape index (κ2) is 3.23. The molecule has 0 atom stereocenters. The lowest BCUT2D eigenvalue weighted by molar-refractivity contribution is 1.37. The van der Waals surface area contributed by atoms with Crippen molar-refractivity contribution < 1.29 is 0 Å². The number of thiocarbonyl (C=S) groups is 1. The minimum atomic E-state index is 0.230. The predicted molar refractivity (Wildman–Crippen MR) is 62.0 cm³/mol. The first-order chi connectivity index (χ1) is 6.68. The maximum absolute atomic E-state index is 5.76. The van der Waals surface area contributed by atoms with Crippen LogP contribution < -0.4 is 11.5 Å². The third-order valence-corrected chi connectivity index (χ3v) is 2.18. The van der Waals surface area contributed by atoms with Crippen LogP contribution in [-0.4, -0.2) is 9.97 Å². The van der Waals surface area contributed by atoms with Gasteiger partial charge in [0.25, 0.3) is 0 Å². The Morgan fingerprint density at radius 2 is 2.00 bits per heavy atom. The molecule has 14 heavy (non-hydrogen) atoms. The lowest BCUT2D eigenvalue weighted by Gasteiger charge is -2.04. The second-order valence-corrected chi connectivity index (χ2v) is 3.42. The van der Waals surface area contributed by atoms with Crippen molar-refractivity contribution in [1.29, 1.82) is 0 Å². The first-order valence-corrected chi connectivity index (χ1v) is 4.54. The Morgan fingerprint density at radius 3 is 2.71 bits per heavy atom. The van der Waals surface area contributed by atoms with Crippen molar-refractivity contribution in [2.24, 2.45) is 5.73 Å². The number of nitrogens with zero attached hydrogens (tertiary/aromatic N) is 1. The SMILES string of the molecule is NC(=S)c1nc2ccccc2cc1N. The average molecular weight is 203 g/mol. The summed E-state index contributed by atoms with van der Waals surface area (Å²) in [5.74, 6) is 0. The molecule has 0 aliphatic carbocycles. The Bertz CT molecular complexity index is 508. The van der Waals surface area contributed by atoms with Crippen LogP contribution in [0.2, 0.25) is 0 Å². The molecule has 0 aliphatic heterocycles. The van der Waals surface area contributed by atoms with Crippen LogP contribution in [0.4, 0.5) is 5.69 Å². The van der Waals surface area contributed by atoms with E-state index in [9.17, 15) is 0 Å². The lowest BCUT2D eigenvalue weighted by atomic mass is 10.2. The minimum Gasteiger partial charge on any atom is -0.397 e. The van der Waals surface area contributed by atoms with Gasteiger partial charge < -0.3 is 11.5 Å². The third kappa shape index (κ3) is 1.40. The highest BCUT2D eigenvalue weighted by Crippen LogP contribution is 2.17. The average Bonchev–Trinajstić information content (AvgIpc) is 2.16.